The lowest BCUT2D eigenvalue weighted by molar-refractivity contribution is 0.317. The second kappa shape index (κ2) is 9.69. The maximum Gasteiger partial charge on any atom is 0.131 e. The molecule has 0 radical (unpaired) electrons. The van der Waals surface area contributed by atoms with E-state index in [1.165, 1.54) is 12.3 Å². The summed E-state index contributed by atoms with van der Waals surface area (Å²) in [5, 5.41) is 4.36. The molecule has 0 saturated heterocycles. The van der Waals surface area contributed by atoms with Gasteiger partial charge in [0.2, 0.25) is 0 Å². The van der Waals surface area contributed by atoms with Crippen molar-refractivity contribution in [3.63, 3.8) is 0 Å². The van der Waals surface area contributed by atoms with E-state index in [0.717, 1.165) is 40.0 Å². The number of nitrogens with one attached hydrogen (secondary N) is 2. The summed E-state index contributed by atoms with van der Waals surface area (Å²) in [6.07, 6.45) is 3.24. The molecule has 0 aliphatic carbocycles. The molecule has 2 aromatic carbocycles. The topological polar surface area (TPSA) is 49.9 Å². The van der Waals surface area contributed by atoms with Crippen molar-refractivity contribution >= 4 is 23.3 Å². The summed E-state index contributed by atoms with van der Waals surface area (Å²) in [7, 11) is 0. The number of hydrogen-bond donors (Lipinski definition) is 2. The van der Waals surface area contributed by atoms with E-state index in [2.05, 4.69) is 21.4 Å². The number of H-pyrrole nitrogens is 1. The fraction of sp³-hybridized carbons (Fsp3) is 0.174. The molecule has 0 fully saturated rings. The van der Waals surface area contributed by atoms with Gasteiger partial charge in [-0.3, -0.25) is 4.98 Å². The molecule has 4 rings (SSSR count). The van der Waals surface area contributed by atoms with Gasteiger partial charge in [0.1, 0.15) is 24.0 Å². The minimum Gasteiger partial charge on any atom is -0.492 e. The third kappa shape index (κ3) is 4.96. The molecule has 4 nitrogen and oxygen atoms in total. The van der Waals surface area contributed by atoms with E-state index in [0.29, 0.717) is 25.3 Å². The summed E-state index contributed by atoms with van der Waals surface area (Å²) >= 11 is 0. The first kappa shape index (κ1) is 21.7. The summed E-state index contributed by atoms with van der Waals surface area (Å²) in [6.45, 7) is 3.71. The number of ether oxygens (including phenoxy) is 1. The van der Waals surface area contributed by atoms with Gasteiger partial charge < -0.3 is 15.0 Å². The van der Waals surface area contributed by atoms with Gasteiger partial charge >= 0.3 is 0 Å². The van der Waals surface area contributed by atoms with Gasteiger partial charge in [-0.15, -0.1) is 12.4 Å². The highest BCUT2D eigenvalue weighted by molar-refractivity contribution is 5.86. The number of pyridine rings is 1. The van der Waals surface area contributed by atoms with Crippen LogP contribution in [0.25, 0.3) is 22.0 Å². The lowest BCUT2D eigenvalue weighted by Gasteiger charge is -2.10. The lowest BCUT2D eigenvalue weighted by atomic mass is 10.1. The molecule has 0 aliphatic heterocycles. The third-order valence-corrected chi connectivity index (χ3v) is 4.66. The van der Waals surface area contributed by atoms with Crippen molar-refractivity contribution in [1.82, 2.24) is 15.3 Å². The van der Waals surface area contributed by atoms with Gasteiger partial charge in [-0.05, 0) is 55.0 Å². The van der Waals surface area contributed by atoms with Gasteiger partial charge in [-0.1, -0.05) is 6.07 Å². The van der Waals surface area contributed by atoms with Crippen LogP contribution in [0, 0.1) is 18.6 Å². The van der Waals surface area contributed by atoms with E-state index in [4.69, 9.17) is 4.74 Å². The van der Waals surface area contributed by atoms with Crippen LogP contribution in [-0.4, -0.2) is 23.1 Å². The Hall–Kier alpha value is -2.96. The number of aromatic amines is 1. The van der Waals surface area contributed by atoms with Gasteiger partial charge in [-0.2, -0.15) is 0 Å². The number of halogens is 3. The molecule has 4 aromatic rings. The minimum atomic E-state index is -0.477. The summed E-state index contributed by atoms with van der Waals surface area (Å²) in [4.78, 5) is 7.45. The number of aryl methyl sites for hydroxylation is 1. The molecule has 0 unspecified atom stereocenters. The highest BCUT2D eigenvalue weighted by Gasteiger charge is 2.08. The molecule has 2 aromatic heterocycles. The van der Waals surface area contributed by atoms with Crippen molar-refractivity contribution in [2.24, 2.45) is 0 Å². The highest BCUT2D eigenvalue weighted by Crippen LogP contribution is 2.26. The molecule has 0 aliphatic rings. The molecule has 0 saturated carbocycles. The number of hydrogen-bond acceptors (Lipinski definition) is 3. The Labute approximate surface area is 179 Å². The zero-order valence-corrected chi connectivity index (χ0v) is 17.2. The van der Waals surface area contributed by atoms with Crippen LogP contribution in [0.2, 0.25) is 0 Å². The zero-order chi connectivity index (χ0) is 20.2. The van der Waals surface area contributed by atoms with Crippen LogP contribution in [0.4, 0.5) is 8.78 Å². The zero-order valence-electron chi connectivity index (χ0n) is 16.4. The smallest absolute Gasteiger partial charge is 0.131 e. The number of nitrogens with zero attached hydrogens (tertiary/aromatic N) is 1. The predicted molar refractivity (Wildman–Crippen MR) is 117 cm³/mol. The maximum atomic E-state index is 14.0. The Morgan fingerprint density at radius 2 is 1.93 bits per heavy atom. The second-order valence-corrected chi connectivity index (χ2v) is 6.90. The van der Waals surface area contributed by atoms with Crippen molar-refractivity contribution in [3.8, 4) is 16.9 Å². The van der Waals surface area contributed by atoms with Crippen LogP contribution < -0.4 is 10.1 Å². The predicted octanol–water partition coefficient (Wildman–Crippen LogP) is 5.41. The lowest BCUT2D eigenvalue weighted by Crippen LogP contribution is -2.20. The van der Waals surface area contributed by atoms with Crippen LogP contribution >= 0.6 is 12.4 Å². The molecule has 156 valence electrons. The molecular formula is C23H22ClF2N3O. The fourth-order valence-electron chi connectivity index (χ4n) is 3.31. The third-order valence-electron chi connectivity index (χ3n) is 4.66. The number of benzene rings is 2. The van der Waals surface area contributed by atoms with Crippen molar-refractivity contribution in [2.45, 2.75) is 13.5 Å². The summed E-state index contributed by atoms with van der Waals surface area (Å²) < 4.78 is 33.3. The van der Waals surface area contributed by atoms with E-state index in [-0.39, 0.29) is 18.0 Å². The maximum absolute atomic E-state index is 14.0. The van der Waals surface area contributed by atoms with E-state index >= 15 is 0 Å². The molecule has 0 amide bonds. The standard InChI is InChI=1S/C23H21F2N3O.ClH/c1-15-9-20-22(28-15)3-2-4-23(20)29-8-7-26-12-16-10-17(14-27-13-16)19-11-18(24)5-6-21(19)25;/h2-6,9-11,13-14,26,28H,7-8,12H2,1H3;1H. The van der Waals surface area contributed by atoms with Gasteiger partial charge in [0, 0.05) is 53.2 Å². The van der Waals surface area contributed by atoms with Crippen molar-refractivity contribution in [2.75, 3.05) is 13.2 Å². The first-order chi connectivity index (χ1) is 14.1. The Bertz CT molecular complexity index is 1150. The minimum absolute atomic E-state index is 0. The Balaban J connectivity index is 0.00000256. The van der Waals surface area contributed by atoms with Gasteiger partial charge in [0.25, 0.3) is 0 Å². The fourth-order valence-corrected chi connectivity index (χ4v) is 3.31. The van der Waals surface area contributed by atoms with E-state index in [9.17, 15) is 8.78 Å². The second-order valence-electron chi connectivity index (χ2n) is 6.90. The Morgan fingerprint density at radius 1 is 1.07 bits per heavy atom. The Morgan fingerprint density at radius 3 is 2.80 bits per heavy atom. The van der Waals surface area contributed by atoms with Crippen LogP contribution in [0.5, 0.6) is 5.75 Å². The summed E-state index contributed by atoms with van der Waals surface area (Å²) in [5.41, 5.74) is 3.79. The van der Waals surface area contributed by atoms with Crippen LogP contribution in [0.3, 0.4) is 0 Å². The van der Waals surface area contributed by atoms with Crippen molar-refractivity contribution < 1.29 is 13.5 Å². The van der Waals surface area contributed by atoms with E-state index in [1.807, 2.05) is 31.2 Å². The van der Waals surface area contributed by atoms with Crippen molar-refractivity contribution in [1.29, 1.82) is 0 Å². The molecule has 2 N–H and O–H groups in total. The molecule has 0 spiro atoms. The van der Waals surface area contributed by atoms with E-state index in [1.54, 1.807) is 6.20 Å². The SMILES string of the molecule is Cc1cc2c(OCCNCc3cncc(-c4cc(F)ccc4F)c3)cccc2[nH]1.Cl. The number of fused-ring (bicyclic) bond motifs is 1. The summed E-state index contributed by atoms with van der Waals surface area (Å²) in [6, 6.07) is 13.2. The molecule has 2 heterocycles. The average Bonchev–Trinajstić information content (AvgIpc) is 3.11. The molecule has 0 atom stereocenters. The van der Waals surface area contributed by atoms with Gasteiger partial charge in [-0.25, -0.2) is 8.78 Å². The largest absolute Gasteiger partial charge is 0.492 e. The number of rotatable bonds is 7. The van der Waals surface area contributed by atoms with E-state index < -0.39 is 11.6 Å². The number of aromatic nitrogens is 2. The summed E-state index contributed by atoms with van der Waals surface area (Å²) in [5.74, 6) is -0.102. The highest BCUT2D eigenvalue weighted by atomic mass is 35.5. The average molecular weight is 430 g/mol. The van der Waals surface area contributed by atoms with Crippen molar-refractivity contribution in [3.05, 3.63) is 83.8 Å². The monoisotopic (exact) mass is 429 g/mol. The molecule has 30 heavy (non-hydrogen) atoms. The van der Waals surface area contributed by atoms with Gasteiger partial charge in [0.05, 0.1) is 0 Å². The normalized spacial score (nSPS) is 10.8. The van der Waals surface area contributed by atoms with Gasteiger partial charge in [0.15, 0.2) is 0 Å². The Kier molecular flexibility index (Phi) is 7.03. The molecule has 0 bridgehead atoms. The van der Waals surface area contributed by atoms with Crippen LogP contribution in [0.1, 0.15) is 11.3 Å². The van der Waals surface area contributed by atoms with Crippen LogP contribution in [-0.2, 0) is 6.54 Å². The molecule has 7 heteroatoms. The van der Waals surface area contributed by atoms with Crippen LogP contribution in [0.15, 0.2) is 60.9 Å². The molecular weight excluding hydrogens is 408 g/mol. The quantitative estimate of drug-likeness (QED) is 0.386. The first-order valence-electron chi connectivity index (χ1n) is 9.41. The first-order valence-corrected chi connectivity index (χ1v) is 9.41.